The highest BCUT2D eigenvalue weighted by Crippen LogP contribution is 2.29. The van der Waals surface area contributed by atoms with E-state index in [9.17, 15) is 4.79 Å². The van der Waals surface area contributed by atoms with Crippen molar-refractivity contribution in [3.05, 3.63) is 41.2 Å². The first-order chi connectivity index (χ1) is 13.6. The Morgan fingerprint density at radius 1 is 1.46 bits per heavy atom. The molecule has 28 heavy (non-hydrogen) atoms. The van der Waals surface area contributed by atoms with Gasteiger partial charge in [-0.05, 0) is 42.9 Å². The molecule has 0 saturated carbocycles. The Kier molecular flexibility index (Phi) is 5.52. The van der Waals surface area contributed by atoms with E-state index in [0.717, 1.165) is 43.4 Å². The van der Waals surface area contributed by atoms with Crippen molar-refractivity contribution in [3.8, 4) is 0 Å². The van der Waals surface area contributed by atoms with E-state index in [0.29, 0.717) is 35.5 Å². The van der Waals surface area contributed by atoms with Crippen LogP contribution in [0.5, 0.6) is 0 Å². The quantitative estimate of drug-likeness (QED) is 0.683. The van der Waals surface area contributed by atoms with Gasteiger partial charge in [0, 0.05) is 50.4 Å². The zero-order valence-corrected chi connectivity index (χ0v) is 16.7. The van der Waals surface area contributed by atoms with Crippen LogP contribution >= 0.6 is 11.6 Å². The molecule has 0 spiro atoms. The van der Waals surface area contributed by atoms with Crippen LogP contribution in [0.25, 0.3) is 11.1 Å². The third-order valence-electron chi connectivity index (χ3n) is 5.31. The highest BCUT2D eigenvalue weighted by atomic mass is 35.5. The van der Waals surface area contributed by atoms with E-state index in [2.05, 4.69) is 20.1 Å². The lowest BCUT2D eigenvalue weighted by molar-refractivity contribution is -0.130. The number of nitrogens with zero attached hydrogens (tertiary/aromatic N) is 4. The molecule has 1 unspecified atom stereocenters. The van der Waals surface area contributed by atoms with E-state index in [1.165, 1.54) is 0 Å². The van der Waals surface area contributed by atoms with E-state index in [4.69, 9.17) is 16.0 Å². The van der Waals surface area contributed by atoms with Crippen molar-refractivity contribution >= 4 is 34.6 Å². The van der Waals surface area contributed by atoms with Crippen LogP contribution in [0.3, 0.4) is 0 Å². The van der Waals surface area contributed by atoms with Gasteiger partial charge in [-0.15, -0.1) is 0 Å². The standard InChI is InChI=1S/C20H24ClN5O2/c1-25(8-6-15-11-22-23-12-15)19(27)9-14-3-2-7-26(13-14)20-24-17-5-4-16(21)10-18(17)28-20/h4-5,10-12,14H,2-3,6-9,13H2,1H3,(H,22,23). The zero-order valence-electron chi connectivity index (χ0n) is 15.9. The van der Waals surface area contributed by atoms with Crippen molar-refractivity contribution in [3.63, 3.8) is 0 Å². The number of halogens is 1. The second-order valence-corrected chi connectivity index (χ2v) is 7.88. The van der Waals surface area contributed by atoms with E-state index in [1.54, 1.807) is 12.3 Å². The minimum Gasteiger partial charge on any atom is -0.423 e. The molecule has 8 heteroatoms. The summed E-state index contributed by atoms with van der Waals surface area (Å²) in [5.74, 6) is 0.482. The number of oxazole rings is 1. The van der Waals surface area contributed by atoms with Crippen molar-refractivity contribution < 1.29 is 9.21 Å². The van der Waals surface area contributed by atoms with E-state index >= 15 is 0 Å². The highest BCUT2D eigenvalue weighted by Gasteiger charge is 2.26. The summed E-state index contributed by atoms with van der Waals surface area (Å²) in [6.45, 7) is 2.37. The normalized spacial score (nSPS) is 17.2. The molecule has 4 rings (SSSR count). The summed E-state index contributed by atoms with van der Waals surface area (Å²) in [7, 11) is 1.87. The van der Waals surface area contributed by atoms with Gasteiger partial charge in [-0.25, -0.2) is 0 Å². The molecule has 1 atom stereocenters. The molecule has 3 aromatic rings. The predicted molar refractivity (Wildman–Crippen MR) is 109 cm³/mol. The highest BCUT2D eigenvalue weighted by molar-refractivity contribution is 6.31. The van der Waals surface area contributed by atoms with Gasteiger partial charge in [-0.3, -0.25) is 9.89 Å². The van der Waals surface area contributed by atoms with E-state index in [1.807, 2.05) is 30.3 Å². The fraction of sp³-hybridized carbons (Fsp3) is 0.450. The summed E-state index contributed by atoms with van der Waals surface area (Å²) in [4.78, 5) is 21.2. The molecule has 148 valence electrons. The maximum atomic E-state index is 12.6. The average molecular weight is 402 g/mol. The third-order valence-corrected chi connectivity index (χ3v) is 5.54. The van der Waals surface area contributed by atoms with Crippen molar-refractivity contribution in [2.75, 3.05) is 31.6 Å². The summed E-state index contributed by atoms with van der Waals surface area (Å²) in [5.41, 5.74) is 2.61. The van der Waals surface area contributed by atoms with Crippen LogP contribution < -0.4 is 4.90 Å². The molecule has 1 aliphatic heterocycles. The molecule has 7 nitrogen and oxygen atoms in total. The molecule has 1 saturated heterocycles. The fourth-order valence-corrected chi connectivity index (χ4v) is 3.83. The van der Waals surface area contributed by atoms with Gasteiger partial charge in [0.25, 0.3) is 6.01 Å². The monoisotopic (exact) mass is 401 g/mol. The molecule has 2 aromatic heterocycles. The molecule has 1 aliphatic rings. The van der Waals surface area contributed by atoms with Gasteiger partial charge >= 0.3 is 0 Å². The molecule has 1 N–H and O–H groups in total. The first kappa shape index (κ1) is 18.8. The van der Waals surface area contributed by atoms with Gasteiger partial charge in [0.05, 0.1) is 6.20 Å². The SMILES string of the molecule is CN(CCc1cn[nH]c1)C(=O)CC1CCCN(c2nc3ccc(Cl)cc3o2)C1. The average Bonchev–Trinajstić information content (AvgIpc) is 3.35. The molecular weight excluding hydrogens is 378 g/mol. The zero-order chi connectivity index (χ0) is 19.5. The molecular formula is C20H24ClN5O2. The number of anilines is 1. The number of aromatic amines is 1. The van der Waals surface area contributed by atoms with Gasteiger partial charge in [0.15, 0.2) is 5.58 Å². The topological polar surface area (TPSA) is 78.3 Å². The van der Waals surface area contributed by atoms with E-state index in [-0.39, 0.29) is 5.91 Å². The van der Waals surface area contributed by atoms with Crippen LogP contribution in [0.15, 0.2) is 35.0 Å². The smallest absolute Gasteiger partial charge is 0.298 e. The van der Waals surface area contributed by atoms with Crippen LogP contribution in [-0.2, 0) is 11.2 Å². The number of H-pyrrole nitrogens is 1. The Morgan fingerprint density at radius 2 is 2.36 bits per heavy atom. The van der Waals surface area contributed by atoms with Crippen LogP contribution in [-0.4, -0.2) is 52.7 Å². The summed E-state index contributed by atoms with van der Waals surface area (Å²) in [6.07, 6.45) is 7.08. The van der Waals surface area contributed by atoms with Crippen LogP contribution in [0.2, 0.25) is 5.02 Å². The van der Waals surface area contributed by atoms with Crippen molar-refractivity contribution in [1.82, 2.24) is 20.1 Å². The van der Waals surface area contributed by atoms with Crippen LogP contribution in [0.4, 0.5) is 6.01 Å². The summed E-state index contributed by atoms with van der Waals surface area (Å²) in [5, 5.41) is 7.38. The number of piperidine rings is 1. The Bertz CT molecular complexity index is 939. The Labute approximate surface area is 168 Å². The maximum Gasteiger partial charge on any atom is 0.298 e. The first-order valence-corrected chi connectivity index (χ1v) is 9.99. The fourth-order valence-electron chi connectivity index (χ4n) is 3.67. The molecule has 0 bridgehead atoms. The number of likely N-dealkylation sites (N-methyl/N-ethyl adjacent to an activating group) is 1. The number of nitrogens with one attached hydrogen (secondary N) is 1. The Balaban J connectivity index is 1.34. The van der Waals surface area contributed by atoms with Crippen molar-refractivity contribution in [2.24, 2.45) is 5.92 Å². The summed E-state index contributed by atoms with van der Waals surface area (Å²) in [6, 6.07) is 6.08. The predicted octanol–water partition coefficient (Wildman–Crippen LogP) is 3.51. The number of aromatic nitrogens is 3. The molecule has 3 heterocycles. The summed E-state index contributed by atoms with van der Waals surface area (Å²) < 4.78 is 5.90. The number of carbonyl (C=O) groups is 1. The number of benzene rings is 1. The van der Waals surface area contributed by atoms with Gasteiger partial charge in [0.2, 0.25) is 5.91 Å². The van der Waals surface area contributed by atoms with Gasteiger partial charge in [-0.1, -0.05) is 11.6 Å². The first-order valence-electron chi connectivity index (χ1n) is 9.61. The lowest BCUT2D eigenvalue weighted by Crippen LogP contribution is -2.38. The number of fused-ring (bicyclic) bond motifs is 1. The van der Waals surface area contributed by atoms with Crippen molar-refractivity contribution in [1.29, 1.82) is 0 Å². The number of amides is 1. The molecule has 0 aliphatic carbocycles. The second-order valence-electron chi connectivity index (χ2n) is 7.44. The number of hydrogen-bond acceptors (Lipinski definition) is 5. The lowest BCUT2D eigenvalue weighted by Gasteiger charge is -2.32. The third kappa shape index (κ3) is 4.30. The lowest BCUT2D eigenvalue weighted by atomic mass is 9.94. The van der Waals surface area contributed by atoms with Crippen LogP contribution in [0, 0.1) is 5.92 Å². The van der Waals surface area contributed by atoms with Crippen LogP contribution in [0.1, 0.15) is 24.8 Å². The molecule has 1 aromatic carbocycles. The molecule has 1 amide bonds. The number of carbonyl (C=O) groups excluding carboxylic acids is 1. The summed E-state index contributed by atoms with van der Waals surface area (Å²) >= 11 is 6.03. The maximum absolute atomic E-state index is 12.6. The minimum absolute atomic E-state index is 0.180. The minimum atomic E-state index is 0.180. The Morgan fingerprint density at radius 3 is 3.18 bits per heavy atom. The molecule has 0 radical (unpaired) electrons. The Hall–Kier alpha value is -2.54. The number of rotatable bonds is 6. The second kappa shape index (κ2) is 8.22. The van der Waals surface area contributed by atoms with Gasteiger partial charge in [-0.2, -0.15) is 10.1 Å². The van der Waals surface area contributed by atoms with Gasteiger partial charge < -0.3 is 14.2 Å². The molecule has 1 fully saturated rings. The largest absolute Gasteiger partial charge is 0.423 e. The number of hydrogen-bond donors (Lipinski definition) is 1. The van der Waals surface area contributed by atoms with E-state index < -0.39 is 0 Å². The van der Waals surface area contributed by atoms with Gasteiger partial charge in [0.1, 0.15) is 5.52 Å². The van der Waals surface area contributed by atoms with Crippen molar-refractivity contribution in [2.45, 2.75) is 25.7 Å².